The van der Waals surface area contributed by atoms with Crippen molar-refractivity contribution in [1.82, 2.24) is 4.90 Å². The maximum Gasteiger partial charge on any atom is 0.317 e. The third-order valence-electron chi connectivity index (χ3n) is 3.10. The summed E-state index contributed by atoms with van der Waals surface area (Å²) < 4.78 is 26.2. The van der Waals surface area contributed by atoms with Crippen molar-refractivity contribution >= 4 is 17.6 Å². The molecule has 0 radical (unpaired) electrons. The van der Waals surface area contributed by atoms with Crippen LogP contribution >= 0.6 is 0 Å². The van der Waals surface area contributed by atoms with Gasteiger partial charge in [-0.15, -0.1) is 0 Å². The number of anilines is 1. The van der Waals surface area contributed by atoms with E-state index in [1.807, 2.05) is 6.92 Å². The van der Waals surface area contributed by atoms with E-state index in [2.05, 4.69) is 5.32 Å². The second-order valence-corrected chi connectivity index (χ2v) is 4.73. The van der Waals surface area contributed by atoms with Gasteiger partial charge in [-0.1, -0.05) is 6.92 Å². The number of carboxylic acids is 1. The molecule has 0 aliphatic heterocycles. The molecule has 1 atom stereocenters. The van der Waals surface area contributed by atoms with Gasteiger partial charge >= 0.3 is 5.97 Å². The van der Waals surface area contributed by atoms with Crippen LogP contribution in [0.5, 0.6) is 0 Å². The van der Waals surface area contributed by atoms with Gasteiger partial charge in [-0.2, -0.15) is 0 Å². The van der Waals surface area contributed by atoms with Gasteiger partial charge in [0.2, 0.25) is 5.91 Å². The Morgan fingerprint density at radius 3 is 2.52 bits per heavy atom. The predicted octanol–water partition coefficient (Wildman–Crippen LogP) is 2.09. The van der Waals surface area contributed by atoms with Gasteiger partial charge in [0.25, 0.3) is 0 Å². The highest BCUT2D eigenvalue weighted by atomic mass is 19.1. The average molecular weight is 300 g/mol. The van der Waals surface area contributed by atoms with Crippen molar-refractivity contribution < 1.29 is 23.5 Å². The molecule has 0 fully saturated rings. The molecule has 0 saturated carbocycles. The fourth-order valence-electron chi connectivity index (χ4n) is 1.76. The molecule has 116 valence electrons. The molecule has 1 amide bonds. The molecule has 0 heterocycles. The molecule has 0 aliphatic carbocycles. The number of nitrogens with zero attached hydrogens (tertiary/aromatic N) is 1. The van der Waals surface area contributed by atoms with Crippen LogP contribution in [-0.4, -0.2) is 41.0 Å². The van der Waals surface area contributed by atoms with Gasteiger partial charge in [-0.05, 0) is 25.5 Å². The summed E-state index contributed by atoms with van der Waals surface area (Å²) in [4.78, 5) is 24.1. The fourth-order valence-corrected chi connectivity index (χ4v) is 1.76. The Labute approximate surface area is 121 Å². The van der Waals surface area contributed by atoms with E-state index in [1.54, 1.807) is 6.92 Å². The number of nitrogens with one attached hydrogen (secondary N) is 1. The largest absolute Gasteiger partial charge is 0.480 e. The lowest BCUT2D eigenvalue weighted by atomic mass is 10.2. The summed E-state index contributed by atoms with van der Waals surface area (Å²) in [6.07, 6.45) is 0.672. The van der Waals surface area contributed by atoms with Crippen molar-refractivity contribution in [1.29, 1.82) is 0 Å². The Morgan fingerprint density at radius 1 is 1.33 bits per heavy atom. The zero-order chi connectivity index (χ0) is 16.0. The highest BCUT2D eigenvalue weighted by Gasteiger charge is 2.19. The summed E-state index contributed by atoms with van der Waals surface area (Å²) in [6.45, 7) is 3.21. The minimum Gasteiger partial charge on any atom is -0.480 e. The summed E-state index contributed by atoms with van der Waals surface area (Å²) in [6, 6.07) is 2.71. The number of carboxylic acid groups (broad SMARTS) is 1. The van der Waals surface area contributed by atoms with Crippen molar-refractivity contribution in [3.05, 3.63) is 29.8 Å². The molecule has 0 bridgehead atoms. The molecule has 7 heteroatoms. The summed E-state index contributed by atoms with van der Waals surface area (Å²) in [7, 11) is 0. The lowest BCUT2D eigenvalue weighted by molar-refractivity contribution is -0.139. The molecule has 0 spiro atoms. The van der Waals surface area contributed by atoms with Crippen molar-refractivity contribution in [3.63, 3.8) is 0 Å². The van der Waals surface area contributed by atoms with Crippen molar-refractivity contribution in [2.75, 3.05) is 18.4 Å². The number of benzene rings is 1. The first kappa shape index (κ1) is 17.0. The quantitative estimate of drug-likeness (QED) is 0.809. The molecular formula is C14H18F2N2O3. The normalized spacial score (nSPS) is 12.2. The summed E-state index contributed by atoms with van der Waals surface area (Å²) in [5, 5.41) is 11.1. The summed E-state index contributed by atoms with van der Waals surface area (Å²) >= 11 is 0. The van der Waals surface area contributed by atoms with E-state index in [0.717, 1.165) is 12.1 Å². The fraction of sp³-hybridized carbons (Fsp3) is 0.429. The first-order valence-corrected chi connectivity index (χ1v) is 6.54. The lowest BCUT2D eigenvalue weighted by Crippen LogP contribution is -2.42. The third kappa shape index (κ3) is 5.47. The van der Waals surface area contributed by atoms with E-state index < -0.39 is 23.5 Å². The van der Waals surface area contributed by atoms with Gasteiger partial charge in [0.1, 0.15) is 11.6 Å². The van der Waals surface area contributed by atoms with Crippen LogP contribution in [0.2, 0.25) is 0 Å². The van der Waals surface area contributed by atoms with Gasteiger partial charge in [-0.3, -0.25) is 14.5 Å². The lowest BCUT2D eigenvalue weighted by Gasteiger charge is -2.25. The van der Waals surface area contributed by atoms with E-state index in [9.17, 15) is 18.4 Å². The van der Waals surface area contributed by atoms with E-state index in [1.165, 1.54) is 4.90 Å². The Hall–Kier alpha value is -2.02. The molecule has 0 aliphatic rings. The van der Waals surface area contributed by atoms with Crippen LogP contribution in [0, 0.1) is 11.6 Å². The Kier molecular flexibility index (Phi) is 6.23. The summed E-state index contributed by atoms with van der Waals surface area (Å²) in [5.74, 6) is -3.22. The van der Waals surface area contributed by atoms with Crippen LogP contribution in [-0.2, 0) is 9.59 Å². The molecule has 0 saturated heterocycles. The van der Waals surface area contributed by atoms with Crippen molar-refractivity contribution in [3.8, 4) is 0 Å². The average Bonchev–Trinajstić information content (AvgIpc) is 2.39. The number of amides is 1. The van der Waals surface area contributed by atoms with E-state index in [-0.39, 0.29) is 24.8 Å². The first-order chi connectivity index (χ1) is 9.83. The minimum absolute atomic E-state index is 0.107. The maximum atomic E-state index is 13.4. The van der Waals surface area contributed by atoms with E-state index in [4.69, 9.17) is 5.11 Å². The van der Waals surface area contributed by atoms with Crippen LogP contribution in [0.15, 0.2) is 18.2 Å². The molecule has 1 aromatic rings. The SMILES string of the molecule is CCC(C)N(CC(=O)O)CC(=O)Nc1ccc(F)cc1F. The van der Waals surface area contributed by atoms with Crippen molar-refractivity contribution in [2.45, 2.75) is 26.3 Å². The van der Waals surface area contributed by atoms with Gasteiger partial charge in [0.05, 0.1) is 18.8 Å². The number of hydrogen-bond donors (Lipinski definition) is 2. The van der Waals surface area contributed by atoms with Crippen LogP contribution in [0.1, 0.15) is 20.3 Å². The highest BCUT2D eigenvalue weighted by Crippen LogP contribution is 2.15. The third-order valence-corrected chi connectivity index (χ3v) is 3.10. The standard InChI is InChI=1S/C14H18F2N2O3/c1-3-9(2)18(8-14(20)21)7-13(19)17-12-5-4-10(15)6-11(12)16/h4-6,9H,3,7-8H2,1-2H3,(H,17,19)(H,20,21). The van der Waals surface area contributed by atoms with Crippen LogP contribution in [0.25, 0.3) is 0 Å². The van der Waals surface area contributed by atoms with E-state index in [0.29, 0.717) is 12.5 Å². The molecule has 1 rings (SSSR count). The molecule has 2 N–H and O–H groups in total. The number of carbonyl (C=O) groups excluding carboxylic acids is 1. The Balaban J connectivity index is 2.71. The smallest absolute Gasteiger partial charge is 0.317 e. The molecule has 5 nitrogen and oxygen atoms in total. The molecular weight excluding hydrogens is 282 g/mol. The molecule has 1 unspecified atom stereocenters. The topological polar surface area (TPSA) is 69.6 Å². The van der Waals surface area contributed by atoms with Crippen molar-refractivity contribution in [2.24, 2.45) is 0 Å². The number of aliphatic carboxylic acids is 1. The van der Waals surface area contributed by atoms with Crippen LogP contribution < -0.4 is 5.32 Å². The minimum atomic E-state index is -1.05. The van der Waals surface area contributed by atoms with E-state index >= 15 is 0 Å². The zero-order valence-corrected chi connectivity index (χ0v) is 11.9. The monoisotopic (exact) mass is 300 g/mol. The highest BCUT2D eigenvalue weighted by molar-refractivity contribution is 5.92. The zero-order valence-electron chi connectivity index (χ0n) is 11.9. The number of carbonyl (C=O) groups is 2. The number of hydrogen-bond acceptors (Lipinski definition) is 3. The number of rotatable bonds is 7. The maximum absolute atomic E-state index is 13.4. The van der Waals surface area contributed by atoms with Crippen LogP contribution in [0.4, 0.5) is 14.5 Å². The molecule has 1 aromatic carbocycles. The predicted molar refractivity (Wildman–Crippen MR) is 73.9 cm³/mol. The first-order valence-electron chi connectivity index (χ1n) is 6.54. The van der Waals surface area contributed by atoms with Gasteiger partial charge in [0.15, 0.2) is 0 Å². The van der Waals surface area contributed by atoms with Crippen LogP contribution in [0.3, 0.4) is 0 Å². The number of halogens is 2. The van der Waals surface area contributed by atoms with Gasteiger partial charge in [-0.25, -0.2) is 8.78 Å². The Morgan fingerprint density at radius 2 is 2.00 bits per heavy atom. The molecule has 0 aromatic heterocycles. The summed E-state index contributed by atoms with van der Waals surface area (Å²) in [5.41, 5.74) is -0.138. The Bertz CT molecular complexity index is 523. The second-order valence-electron chi connectivity index (χ2n) is 4.73. The molecule has 21 heavy (non-hydrogen) atoms. The van der Waals surface area contributed by atoms with Gasteiger partial charge in [0, 0.05) is 12.1 Å². The second kappa shape index (κ2) is 7.68. The van der Waals surface area contributed by atoms with Gasteiger partial charge < -0.3 is 10.4 Å².